The average Bonchev–Trinajstić information content (AvgIpc) is 2.69. The molecule has 0 spiro atoms. The van der Waals surface area contributed by atoms with Crippen molar-refractivity contribution in [3.63, 3.8) is 0 Å². The van der Waals surface area contributed by atoms with E-state index in [0.717, 1.165) is 43.3 Å². The standard InChI is InChI=1S/C16H17ClO3/c17-13-8-4-5-10-9-14(20-15(10)13)11-6-2-1-3-7-12(11)16(18)19/h4-5,8-9,11-12H,1-3,6-7H2,(H,18,19). The van der Waals surface area contributed by atoms with Gasteiger partial charge in [0, 0.05) is 11.3 Å². The van der Waals surface area contributed by atoms with Gasteiger partial charge in [0.2, 0.25) is 0 Å². The summed E-state index contributed by atoms with van der Waals surface area (Å²) in [6, 6.07) is 7.57. The lowest BCUT2D eigenvalue weighted by atomic mass is 9.86. The Morgan fingerprint density at radius 2 is 2.05 bits per heavy atom. The summed E-state index contributed by atoms with van der Waals surface area (Å²) in [6.45, 7) is 0. The summed E-state index contributed by atoms with van der Waals surface area (Å²) >= 11 is 6.13. The van der Waals surface area contributed by atoms with Crippen LogP contribution in [-0.2, 0) is 4.79 Å². The number of furan rings is 1. The monoisotopic (exact) mass is 292 g/mol. The van der Waals surface area contributed by atoms with Gasteiger partial charge in [0.1, 0.15) is 5.76 Å². The molecule has 2 aromatic rings. The number of benzene rings is 1. The zero-order valence-corrected chi connectivity index (χ0v) is 11.9. The molecule has 0 radical (unpaired) electrons. The molecule has 1 heterocycles. The Hall–Kier alpha value is -1.48. The molecule has 1 aromatic heterocycles. The van der Waals surface area contributed by atoms with E-state index in [4.69, 9.17) is 16.0 Å². The van der Waals surface area contributed by atoms with Crippen LogP contribution in [0, 0.1) is 5.92 Å². The van der Waals surface area contributed by atoms with E-state index in [2.05, 4.69) is 0 Å². The molecule has 2 unspecified atom stereocenters. The Bertz CT molecular complexity index is 632. The van der Waals surface area contributed by atoms with E-state index >= 15 is 0 Å². The molecule has 0 amide bonds. The van der Waals surface area contributed by atoms with Crippen LogP contribution in [0.5, 0.6) is 0 Å². The highest BCUT2D eigenvalue weighted by atomic mass is 35.5. The van der Waals surface area contributed by atoms with E-state index in [-0.39, 0.29) is 11.8 Å². The molecule has 106 valence electrons. The van der Waals surface area contributed by atoms with Crippen molar-refractivity contribution in [3.05, 3.63) is 35.0 Å². The van der Waals surface area contributed by atoms with E-state index in [1.54, 1.807) is 6.07 Å². The lowest BCUT2D eigenvalue weighted by Gasteiger charge is -2.19. The van der Waals surface area contributed by atoms with Gasteiger partial charge in [-0.2, -0.15) is 0 Å². The number of hydrogen-bond donors (Lipinski definition) is 1. The van der Waals surface area contributed by atoms with Crippen molar-refractivity contribution in [1.82, 2.24) is 0 Å². The number of para-hydroxylation sites is 1. The van der Waals surface area contributed by atoms with Gasteiger partial charge in [0.25, 0.3) is 0 Å². The van der Waals surface area contributed by atoms with Crippen LogP contribution in [0.1, 0.15) is 43.8 Å². The third-order valence-electron chi connectivity index (χ3n) is 4.21. The molecule has 1 saturated carbocycles. The molecule has 1 aliphatic carbocycles. The number of carbonyl (C=O) groups is 1. The number of fused-ring (bicyclic) bond motifs is 1. The van der Waals surface area contributed by atoms with Crippen molar-refractivity contribution < 1.29 is 14.3 Å². The fourth-order valence-electron chi connectivity index (χ4n) is 3.17. The Labute approximate surface area is 122 Å². The summed E-state index contributed by atoms with van der Waals surface area (Å²) in [5, 5.41) is 11.0. The average molecular weight is 293 g/mol. The van der Waals surface area contributed by atoms with Crippen LogP contribution in [0.4, 0.5) is 0 Å². The molecular formula is C16H17ClO3. The number of carboxylic acids is 1. The van der Waals surface area contributed by atoms with Gasteiger partial charge in [-0.05, 0) is 25.0 Å². The molecule has 1 N–H and O–H groups in total. The summed E-state index contributed by atoms with van der Waals surface area (Å²) in [6.07, 6.45) is 4.73. The SMILES string of the molecule is O=C(O)C1CCCCCC1c1cc2cccc(Cl)c2o1. The highest BCUT2D eigenvalue weighted by molar-refractivity contribution is 6.34. The number of hydrogen-bond acceptors (Lipinski definition) is 2. The van der Waals surface area contributed by atoms with Crippen LogP contribution in [0.15, 0.2) is 28.7 Å². The fraction of sp³-hybridized carbons (Fsp3) is 0.438. The maximum Gasteiger partial charge on any atom is 0.307 e. The van der Waals surface area contributed by atoms with Crippen LogP contribution in [0.3, 0.4) is 0 Å². The van der Waals surface area contributed by atoms with E-state index in [1.807, 2.05) is 18.2 Å². The largest absolute Gasteiger partial charge is 0.481 e. The molecule has 1 fully saturated rings. The van der Waals surface area contributed by atoms with Gasteiger partial charge in [-0.3, -0.25) is 4.79 Å². The third-order valence-corrected chi connectivity index (χ3v) is 4.51. The first-order valence-corrected chi connectivity index (χ1v) is 7.45. The normalized spacial score (nSPS) is 23.6. The molecule has 0 saturated heterocycles. The highest BCUT2D eigenvalue weighted by Gasteiger charge is 2.33. The smallest absolute Gasteiger partial charge is 0.307 e. The molecule has 1 aliphatic rings. The number of carboxylic acid groups (broad SMARTS) is 1. The minimum Gasteiger partial charge on any atom is -0.481 e. The lowest BCUT2D eigenvalue weighted by molar-refractivity contribution is -0.143. The Morgan fingerprint density at radius 1 is 1.25 bits per heavy atom. The third kappa shape index (κ3) is 2.42. The second-order valence-electron chi connectivity index (χ2n) is 5.50. The molecule has 2 atom stereocenters. The van der Waals surface area contributed by atoms with Crippen molar-refractivity contribution >= 4 is 28.5 Å². The summed E-state index contributed by atoms with van der Waals surface area (Å²) < 4.78 is 5.88. The Kier molecular flexibility index (Phi) is 3.70. The summed E-state index contributed by atoms with van der Waals surface area (Å²) in [4.78, 5) is 11.5. The number of rotatable bonds is 2. The number of halogens is 1. The maximum absolute atomic E-state index is 11.5. The van der Waals surface area contributed by atoms with Gasteiger partial charge in [-0.25, -0.2) is 0 Å². The molecule has 20 heavy (non-hydrogen) atoms. The van der Waals surface area contributed by atoms with Gasteiger partial charge < -0.3 is 9.52 Å². The Morgan fingerprint density at radius 3 is 2.80 bits per heavy atom. The van der Waals surface area contributed by atoms with E-state index in [1.165, 1.54) is 0 Å². The lowest BCUT2D eigenvalue weighted by Crippen LogP contribution is -2.20. The molecule has 4 heteroatoms. The highest BCUT2D eigenvalue weighted by Crippen LogP contribution is 2.40. The zero-order chi connectivity index (χ0) is 14.1. The van der Waals surface area contributed by atoms with E-state index in [9.17, 15) is 9.90 Å². The zero-order valence-electron chi connectivity index (χ0n) is 11.1. The molecule has 1 aromatic carbocycles. The predicted molar refractivity (Wildman–Crippen MR) is 78.2 cm³/mol. The predicted octanol–water partition coefficient (Wildman–Crippen LogP) is 4.83. The van der Waals surface area contributed by atoms with Crippen molar-refractivity contribution in [3.8, 4) is 0 Å². The second-order valence-corrected chi connectivity index (χ2v) is 5.90. The van der Waals surface area contributed by atoms with Crippen molar-refractivity contribution in [2.24, 2.45) is 5.92 Å². The molecule has 0 bridgehead atoms. The number of aliphatic carboxylic acids is 1. The maximum atomic E-state index is 11.5. The first-order valence-electron chi connectivity index (χ1n) is 7.07. The summed E-state index contributed by atoms with van der Waals surface area (Å²) in [5.41, 5.74) is 0.664. The molecule has 0 aliphatic heterocycles. The van der Waals surface area contributed by atoms with Crippen LogP contribution in [0.25, 0.3) is 11.0 Å². The van der Waals surface area contributed by atoms with Gasteiger partial charge in [0.15, 0.2) is 5.58 Å². The van der Waals surface area contributed by atoms with E-state index < -0.39 is 5.97 Å². The summed E-state index contributed by atoms with van der Waals surface area (Å²) in [5.74, 6) is -0.346. The van der Waals surface area contributed by atoms with Crippen LogP contribution in [0.2, 0.25) is 5.02 Å². The second kappa shape index (κ2) is 5.49. The summed E-state index contributed by atoms with van der Waals surface area (Å²) in [7, 11) is 0. The van der Waals surface area contributed by atoms with Crippen LogP contribution >= 0.6 is 11.6 Å². The minimum absolute atomic E-state index is 0.0431. The topological polar surface area (TPSA) is 50.4 Å². The first kappa shape index (κ1) is 13.5. The van der Waals surface area contributed by atoms with Crippen LogP contribution in [-0.4, -0.2) is 11.1 Å². The van der Waals surface area contributed by atoms with Crippen molar-refractivity contribution in [1.29, 1.82) is 0 Å². The fourth-order valence-corrected chi connectivity index (χ4v) is 3.39. The van der Waals surface area contributed by atoms with Crippen molar-refractivity contribution in [2.75, 3.05) is 0 Å². The molecular weight excluding hydrogens is 276 g/mol. The quantitative estimate of drug-likeness (QED) is 0.806. The van der Waals surface area contributed by atoms with Crippen LogP contribution < -0.4 is 0 Å². The first-order chi connectivity index (χ1) is 9.66. The molecule has 3 nitrogen and oxygen atoms in total. The minimum atomic E-state index is -0.719. The van der Waals surface area contributed by atoms with Gasteiger partial charge in [-0.15, -0.1) is 0 Å². The van der Waals surface area contributed by atoms with Gasteiger partial charge in [0.05, 0.1) is 10.9 Å². The molecule has 3 rings (SSSR count). The van der Waals surface area contributed by atoms with Gasteiger partial charge >= 0.3 is 5.97 Å². The van der Waals surface area contributed by atoms with E-state index in [0.29, 0.717) is 10.6 Å². The van der Waals surface area contributed by atoms with Crippen molar-refractivity contribution in [2.45, 2.75) is 38.0 Å². The Balaban J connectivity index is 2.02. The van der Waals surface area contributed by atoms with Gasteiger partial charge in [-0.1, -0.05) is 43.0 Å².